The predicted octanol–water partition coefficient (Wildman–Crippen LogP) is 2.04. The Kier molecular flexibility index (Phi) is 6.64. The number of unbranched alkanes of at least 4 members (excludes halogenated alkanes) is 2. The molecule has 0 aromatic carbocycles. The molecule has 0 radical (unpaired) electrons. The third kappa shape index (κ3) is 6.25. The number of rotatable bonds is 12. The third-order valence-corrected chi connectivity index (χ3v) is 7.09. The van der Waals surface area contributed by atoms with Crippen molar-refractivity contribution in [2.45, 2.75) is 44.9 Å². The van der Waals surface area contributed by atoms with Crippen LogP contribution in [0.3, 0.4) is 0 Å². The van der Waals surface area contributed by atoms with E-state index >= 15 is 0 Å². The lowest BCUT2D eigenvalue weighted by molar-refractivity contribution is -0.118. The van der Waals surface area contributed by atoms with E-state index in [1.54, 1.807) is 0 Å². The van der Waals surface area contributed by atoms with Crippen LogP contribution in [0.2, 0.25) is 0 Å². The van der Waals surface area contributed by atoms with Crippen LogP contribution in [0.25, 0.3) is 0 Å². The number of imide groups is 1. The molecule has 2 N–H and O–H groups in total. The topological polar surface area (TPSA) is 109 Å². The number of carbonyl (C=O) groups excluding carboxylic acids is 2. The van der Waals surface area contributed by atoms with Gasteiger partial charge < -0.3 is 14.6 Å². The van der Waals surface area contributed by atoms with Gasteiger partial charge in [0, 0.05) is 18.8 Å². The molecule has 2 aliphatic rings. The summed E-state index contributed by atoms with van der Waals surface area (Å²) in [5.41, 5.74) is 0.944. The predicted molar refractivity (Wildman–Crippen MR) is 105 cm³/mol. The fourth-order valence-corrected chi connectivity index (χ4v) is 5.04. The van der Waals surface area contributed by atoms with Crippen molar-refractivity contribution in [3.8, 4) is 5.88 Å². The van der Waals surface area contributed by atoms with Gasteiger partial charge in [-0.3, -0.25) is 10.1 Å². The van der Waals surface area contributed by atoms with E-state index < -0.39 is 9.84 Å². The van der Waals surface area contributed by atoms with E-state index in [1.807, 2.05) is 19.2 Å². The Balaban J connectivity index is 1.34. The Morgan fingerprint density at radius 2 is 2.04 bits per heavy atom. The normalized spacial score (nSPS) is 18.4. The van der Waals surface area contributed by atoms with Gasteiger partial charge in [0.1, 0.15) is 6.54 Å². The number of nitrogens with one attached hydrogen (secondary N) is 2. The van der Waals surface area contributed by atoms with Crippen molar-refractivity contribution < 1.29 is 22.7 Å². The highest BCUT2D eigenvalue weighted by Crippen LogP contribution is 2.30. The van der Waals surface area contributed by atoms with Crippen LogP contribution in [-0.2, 0) is 14.6 Å². The first-order valence-corrected chi connectivity index (χ1v) is 11.7. The molecule has 1 aliphatic heterocycles. The number of hydrogen-bond donors (Lipinski definition) is 2. The molecule has 1 saturated heterocycles. The fourth-order valence-electron chi connectivity index (χ4n) is 3.27. The zero-order valence-electron chi connectivity index (χ0n) is 16.3. The summed E-state index contributed by atoms with van der Waals surface area (Å²) < 4.78 is 30.5. The first kappa shape index (κ1) is 20.7. The number of urea groups is 1. The lowest BCUT2D eigenvalue weighted by Gasteiger charge is -2.13. The van der Waals surface area contributed by atoms with Crippen LogP contribution in [-0.4, -0.2) is 61.4 Å². The molecular weight excluding hydrogens is 382 g/mol. The number of hydrogen-bond acceptors (Lipinski definition) is 5. The Labute approximate surface area is 165 Å². The van der Waals surface area contributed by atoms with E-state index in [4.69, 9.17) is 4.74 Å². The van der Waals surface area contributed by atoms with Gasteiger partial charge in [-0.2, -0.15) is 0 Å². The summed E-state index contributed by atoms with van der Waals surface area (Å²) in [5, 5.41) is 2.23. The minimum atomic E-state index is -3.16. The number of amides is 3. The second kappa shape index (κ2) is 8.98. The first-order chi connectivity index (χ1) is 13.3. The van der Waals surface area contributed by atoms with E-state index in [2.05, 4.69) is 10.3 Å². The molecule has 1 saturated carbocycles. The smallest absolute Gasteiger partial charge is 0.324 e. The molecule has 1 unspecified atom stereocenters. The van der Waals surface area contributed by atoms with Crippen molar-refractivity contribution >= 4 is 21.8 Å². The number of carbonyl (C=O) groups is 2. The van der Waals surface area contributed by atoms with Crippen LogP contribution < -0.4 is 10.1 Å². The van der Waals surface area contributed by atoms with Gasteiger partial charge in [0.2, 0.25) is 5.91 Å². The molecule has 2 fully saturated rings. The van der Waals surface area contributed by atoms with Crippen molar-refractivity contribution in [1.82, 2.24) is 15.2 Å². The molecular formula is C19H29N3O5S. The summed E-state index contributed by atoms with van der Waals surface area (Å²) in [7, 11) is -3.16. The Bertz CT molecular complexity index is 800. The zero-order valence-corrected chi connectivity index (χ0v) is 17.1. The van der Waals surface area contributed by atoms with Gasteiger partial charge >= 0.3 is 6.03 Å². The average Bonchev–Trinajstić information content (AvgIpc) is 3.23. The summed E-state index contributed by atoms with van der Waals surface area (Å²) in [5.74, 6) is 1.24. The quantitative estimate of drug-likeness (QED) is 0.404. The Hall–Kier alpha value is -2.03. The van der Waals surface area contributed by atoms with Crippen LogP contribution in [0.15, 0.2) is 12.3 Å². The van der Waals surface area contributed by atoms with Gasteiger partial charge in [-0.15, -0.1) is 0 Å². The van der Waals surface area contributed by atoms with E-state index in [-0.39, 0.29) is 35.9 Å². The molecule has 28 heavy (non-hydrogen) atoms. The lowest BCUT2D eigenvalue weighted by atomic mass is 10.1. The van der Waals surface area contributed by atoms with E-state index in [9.17, 15) is 18.0 Å². The molecule has 3 amide bonds. The number of ether oxygens (including phenoxy) is 1. The van der Waals surface area contributed by atoms with Crippen molar-refractivity contribution in [3.05, 3.63) is 17.8 Å². The molecule has 9 heteroatoms. The molecule has 2 heterocycles. The molecule has 156 valence electrons. The molecule has 1 aliphatic carbocycles. The molecule has 0 spiro atoms. The van der Waals surface area contributed by atoms with Crippen LogP contribution in [0.4, 0.5) is 4.79 Å². The number of aromatic nitrogens is 1. The number of aromatic amines is 1. The van der Waals surface area contributed by atoms with Crippen LogP contribution in [0.1, 0.15) is 50.5 Å². The van der Waals surface area contributed by atoms with Gasteiger partial charge in [-0.1, -0.05) is 13.3 Å². The number of sulfone groups is 1. The zero-order chi connectivity index (χ0) is 20.1. The highest BCUT2D eigenvalue weighted by molar-refractivity contribution is 7.91. The Morgan fingerprint density at radius 3 is 2.71 bits per heavy atom. The summed E-state index contributed by atoms with van der Waals surface area (Å²) in [6.07, 6.45) is 6.23. The molecule has 1 aromatic heterocycles. The minimum absolute atomic E-state index is 0.0949. The molecule has 0 bridgehead atoms. The first-order valence-electron chi connectivity index (χ1n) is 9.93. The SMILES string of the molecule is CC(CS(=O)(=O)CCCCCN1CC(=O)NC1=O)c1c[nH]c(OCC2CC2)c1. The second-order valence-corrected chi connectivity index (χ2v) is 10.1. The average molecular weight is 412 g/mol. The van der Waals surface area contributed by atoms with Gasteiger partial charge in [0.25, 0.3) is 0 Å². The summed E-state index contributed by atoms with van der Waals surface area (Å²) >= 11 is 0. The largest absolute Gasteiger partial charge is 0.479 e. The van der Waals surface area contributed by atoms with Gasteiger partial charge in [0.15, 0.2) is 15.7 Å². The molecule has 1 atom stereocenters. The van der Waals surface area contributed by atoms with E-state index in [1.165, 1.54) is 17.7 Å². The van der Waals surface area contributed by atoms with Crippen molar-refractivity contribution in [1.29, 1.82) is 0 Å². The lowest BCUT2D eigenvalue weighted by Crippen LogP contribution is -2.29. The minimum Gasteiger partial charge on any atom is -0.479 e. The second-order valence-electron chi connectivity index (χ2n) is 7.90. The Morgan fingerprint density at radius 1 is 1.25 bits per heavy atom. The highest BCUT2D eigenvalue weighted by atomic mass is 32.2. The van der Waals surface area contributed by atoms with E-state index in [0.29, 0.717) is 37.6 Å². The van der Waals surface area contributed by atoms with E-state index in [0.717, 1.165) is 12.2 Å². The molecule has 3 rings (SSSR count). The van der Waals surface area contributed by atoms with Gasteiger partial charge in [-0.25, -0.2) is 13.2 Å². The number of H-pyrrole nitrogens is 1. The number of nitrogens with zero attached hydrogens (tertiary/aromatic N) is 1. The monoisotopic (exact) mass is 411 g/mol. The van der Waals surface area contributed by atoms with Crippen LogP contribution >= 0.6 is 0 Å². The maximum Gasteiger partial charge on any atom is 0.324 e. The molecule has 8 nitrogen and oxygen atoms in total. The maximum absolute atomic E-state index is 12.4. The summed E-state index contributed by atoms with van der Waals surface area (Å²) in [6.45, 7) is 3.20. The van der Waals surface area contributed by atoms with Gasteiger partial charge in [-0.05, 0) is 43.1 Å². The summed E-state index contributed by atoms with van der Waals surface area (Å²) in [4.78, 5) is 27.1. The summed E-state index contributed by atoms with van der Waals surface area (Å²) in [6, 6.07) is 1.53. The van der Waals surface area contributed by atoms with Gasteiger partial charge in [0.05, 0.1) is 18.1 Å². The maximum atomic E-state index is 12.4. The van der Waals surface area contributed by atoms with Crippen LogP contribution in [0.5, 0.6) is 5.88 Å². The van der Waals surface area contributed by atoms with Crippen molar-refractivity contribution in [3.63, 3.8) is 0 Å². The van der Waals surface area contributed by atoms with Crippen LogP contribution in [0, 0.1) is 5.92 Å². The molecule has 1 aromatic rings. The highest BCUT2D eigenvalue weighted by Gasteiger charge is 2.26. The van der Waals surface area contributed by atoms with Crippen molar-refractivity contribution in [2.24, 2.45) is 5.92 Å². The standard InChI is InChI=1S/C19H29N3O5S/c1-14(16-9-18(20-10-16)27-12-15-5-6-15)13-28(25,26)8-4-2-3-7-22-11-17(23)21-19(22)24/h9-10,14-15,20H,2-8,11-13H2,1H3,(H,21,23,24). The fraction of sp³-hybridized carbons (Fsp3) is 0.684. The van der Waals surface area contributed by atoms with Crippen molar-refractivity contribution in [2.75, 3.05) is 31.2 Å². The third-order valence-electron chi connectivity index (χ3n) is 5.17.